The molecule has 1 heterocycles. The van der Waals surface area contributed by atoms with Gasteiger partial charge in [0, 0.05) is 11.1 Å². The fourth-order valence-electron chi connectivity index (χ4n) is 1.64. The molecule has 0 fully saturated rings. The van der Waals surface area contributed by atoms with Crippen molar-refractivity contribution in [1.82, 2.24) is 9.97 Å². The van der Waals surface area contributed by atoms with Gasteiger partial charge in [-0.1, -0.05) is 11.6 Å². The zero-order valence-electron chi connectivity index (χ0n) is 8.18. The first-order valence-corrected chi connectivity index (χ1v) is 5.16. The number of phenols is 1. The van der Waals surface area contributed by atoms with Crippen molar-refractivity contribution in [3.8, 4) is 5.75 Å². The van der Waals surface area contributed by atoms with Gasteiger partial charge < -0.3 is 5.11 Å². The van der Waals surface area contributed by atoms with Crippen molar-refractivity contribution in [3.05, 3.63) is 41.4 Å². The predicted molar refractivity (Wildman–Crippen MR) is 63.7 cm³/mol. The second-order valence-corrected chi connectivity index (χ2v) is 3.97. The molecule has 0 aliphatic heterocycles. The number of nitrogens with zero attached hydrogens (tertiary/aromatic N) is 2. The van der Waals surface area contributed by atoms with Gasteiger partial charge in [0.25, 0.3) is 0 Å². The second kappa shape index (κ2) is 3.32. The monoisotopic (exact) mass is 230 g/mol. The third-order valence-corrected chi connectivity index (χ3v) is 2.61. The minimum Gasteiger partial charge on any atom is -0.508 e. The summed E-state index contributed by atoms with van der Waals surface area (Å²) in [6.07, 6.45) is 0. The number of fused-ring (bicyclic) bond motifs is 2. The van der Waals surface area contributed by atoms with Crippen LogP contribution in [0.1, 0.15) is 0 Å². The zero-order chi connectivity index (χ0) is 11.1. The molecular weight excluding hydrogens is 224 g/mol. The lowest BCUT2D eigenvalue weighted by Crippen LogP contribution is -1.86. The number of aromatic nitrogens is 2. The van der Waals surface area contributed by atoms with Crippen LogP contribution in [-0.2, 0) is 0 Å². The Morgan fingerprint density at radius 1 is 0.812 bits per heavy atom. The highest BCUT2D eigenvalue weighted by Gasteiger charge is 2.02. The minimum atomic E-state index is 0.183. The molecule has 0 saturated heterocycles. The van der Waals surface area contributed by atoms with E-state index in [1.54, 1.807) is 30.3 Å². The van der Waals surface area contributed by atoms with Gasteiger partial charge in [-0.2, -0.15) is 0 Å². The average molecular weight is 231 g/mol. The number of rotatable bonds is 0. The quantitative estimate of drug-likeness (QED) is 0.604. The van der Waals surface area contributed by atoms with E-state index in [9.17, 15) is 5.11 Å². The van der Waals surface area contributed by atoms with Gasteiger partial charge in [-0.3, -0.25) is 0 Å². The number of benzene rings is 2. The van der Waals surface area contributed by atoms with E-state index >= 15 is 0 Å². The summed E-state index contributed by atoms with van der Waals surface area (Å²) in [5.74, 6) is 0.183. The molecule has 1 aromatic heterocycles. The van der Waals surface area contributed by atoms with E-state index in [1.165, 1.54) is 0 Å². The molecule has 0 aliphatic carbocycles. The molecule has 0 atom stereocenters. The molecule has 0 spiro atoms. The van der Waals surface area contributed by atoms with Crippen LogP contribution in [0.4, 0.5) is 0 Å². The standard InChI is InChI=1S/C12H7ClN2O/c13-7-1-3-9-11(5-7)15-12-6-8(16)2-4-10(12)14-9/h1-6,16H. The first-order valence-electron chi connectivity index (χ1n) is 4.78. The Bertz CT molecular complexity index is 640. The summed E-state index contributed by atoms with van der Waals surface area (Å²) in [6, 6.07) is 10.3. The van der Waals surface area contributed by atoms with Gasteiger partial charge in [0.2, 0.25) is 0 Å². The van der Waals surface area contributed by atoms with Crippen LogP contribution in [0.3, 0.4) is 0 Å². The summed E-state index contributed by atoms with van der Waals surface area (Å²) < 4.78 is 0. The molecule has 4 heteroatoms. The number of phenolic OH excluding ortho intramolecular Hbond substituents is 1. The fourth-order valence-corrected chi connectivity index (χ4v) is 1.80. The van der Waals surface area contributed by atoms with Crippen molar-refractivity contribution in [1.29, 1.82) is 0 Å². The molecule has 78 valence electrons. The summed E-state index contributed by atoms with van der Waals surface area (Å²) >= 11 is 5.88. The first kappa shape index (κ1) is 9.36. The van der Waals surface area contributed by atoms with Crippen LogP contribution in [0.25, 0.3) is 22.1 Å². The van der Waals surface area contributed by atoms with Crippen molar-refractivity contribution in [2.45, 2.75) is 0 Å². The highest BCUT2D eigenvalue weighted by Crippen LogP contribution is 2.21. The van der Waals surface area contributed by atoms with Gasteiger partial charge in [0.1, 0.15) is 5.75 Å². The van der Waals surface area contributed by atoms with Gasteiger partial charge in [0.05, 0.1) is 22.1 Å². The molecule has 0 radical (unpaired) electrons. The van der Waals surface area contributed by atoms with Crippen molar-refractivity contribution in [3.63, 3.8) is 0 Å². The maximum Gasteiger partial charge on any atom is 0.117 e. The minimum absolute atomic E-state index is 0.183. The smallest absolute Gasteiger partial charge is 0.117 e. The summed E-state index contributed by atoms with van der Waals surface area (Å²) in [7, 11) is 0. The van der Waals surface area contributed by atoms with Gasteiger partial charge in [0.15, 0.2) is 0 Å². The Kier molecular flexibility index (Phi) is 1.94. The summed E-state index contributed by atoms with van der Waals surface area (Å²) in [5, 5.41) is 9.99. The molecule has 3 nitrogen and oxygen atoms in total. The molecule has 16 heavy (non-hydrogen) atoms. The van der Waals surface area contributed by atoms with Gasteiger partial charge in [-0.25, -0.2) is 9.97 Å². The second-order valence-electron chi connectivity index (χ2n) is 3.53. The lowest BCUT2D eigenvalue weighted by atomic mass is 10.2. The molecule has 3 rings (SSSR count). The van der Waals surface area contributed by atoms with Crippen molar-refractivity contribution in [2.75, 3.05) is 0 Å². The Hall–Kier alpha value is -1.87. The van der Waals surface area contributed by atoms with Gasteiger partial charge in [-0.05, 0) is 30.3 Å². The van der Waals surface area contributed by atoms with Crippen LogP contribution in [0, 0.1) is 0 Å². The first-order chi connectivity index (χ1) is 7.72. The Morgan fingerprint density at radius 3 is 2.25 bits per heavy atom. The number of hydrogen-bond donors (Lipinski definition) is 1. The summed E-state index contributed by atoms with van der Waals surface area (Å²) in [4.78, 5) is 8.82. The van der Waals surface area contributed by atoms with Crippen LogP contribution in [0.2, 0.25) is 5.02 Å². The van der Waals surface area contributed by atoms with Crippen LogP contribution in [-0.4, -0.2) is 15.1 Å². The average Bonchev–Trinajstić information content (AvgIpc) is 2.26. The van der Waals surface area contributed by atoms with E-state index in [1.807, 2.05) is 6.07 Å². The normalized spacial score (nSPS) is 11.1. The fraction of sp³-hybridized carbons (Fsp3) is 0. The lowest BCUT2D eigenvalue weighted by molar-refractivity contribution is 0.476. The molecule has 1 N–H and O–H groups in total. The highest BCUT2D eigenvalue weighted by atomic mass is 35.5. The molecule has 3 aromatic rings. The molecule has 0 saturated carbocycles. The summed E-state index contributed by atoms with van der Waals surface area (Å²) in [5.41, 5.74) is 2.94. The Labute approximate surface area is 96.3 Å². The van der Waals surface area contributed by atoms with E-state index in [-0.39, 0.29) is 5.75 Å². The lowest BCUT2D eigenvalue weighted by Gasteiger charge is -2.01. The van der Waals surface area contributed by atoms with Crippen molar-refractivity contribution < 1.29 is 5.11 Å². The predicted octanol–water partition coefficient (Wildman–Crippen LogP) is 3.14. The molecule has 0 unspecified atom stereocenters. The molecule has 0 amide bonds. The maximum absolute atomic E-state index is 9.36. The van der Waals surface area contributed by atoms with Gasteiger partial charge >= 0.3 is 0 Å². The topological polar surface area (TPSA) is 46.0 Å². The van der Waals surface area contributed by atoms with Crippen LogP contribution >= 0.6 is 11.6 Å². The Balaban J connectivity index is 2.44. The van der Waals surface area contributed by atoms with Gasteiger partial charge in [-0.15, -0.1) is 0 Å². The van der Waals surface area contributed by atoms with E-state index in [2.05, 4.69) is 9.97 Å². The molecular formula is C12H7ClN2O. The molecule has 0 bridgehead atoms. The van der Waals surface area contributed by atoms with Crippen molar-refractivity contribution in [2.24, 2.45) is 0 Å². The number of aromatic hydroxyl groups is 1. The number of halogens is 1. The van der Waals surface area contributed by atoms with E-state index < -0.39 is 0 Å². The largest absolute Gasteiger partial charge is 0.508 e. The van der Waals surface area contributed by atoms with E-state index in [0.717, 1.165) is 16.6 Å². The van der Waals surface area contributed by atoms with Crippen molar-refractivity contribution >= 4 is 33.7 Å². The number of hydrogen-bond acceptors (Lipinski definition) is 3. The SMILES string of the molecule is Oc1ccc2nc3ccc(Cl)cc3nc2c1. The molecule has 2 aromatic carbocycles. The third-order valence-electron chi connectivity index (χ3n) is 2.38. The Morgan fingerprint density at radius 2 is 1.44 bits per heavy atom. The zero-order valence-corrected chi connectivity index (χ0v) is 8.94. The third kappa shape index (κ3) is 1.46. The van der Waals surface area contributed by atoms with Crippen LogP contribution in [0.15, 0.2) is 36.4 Å². The highest BCUT2D eigenvalue weighted by molar-refractivity contribution is 6.31. The molecule has 0 aliphatic rings. The van der Waals surface area contributed by atoms with E-state index in [0.29, 0.717) is 10.5 Å². The van der Waals surface area contributed by atoms with Crippen LogP contribution in [0.5, 0.6) is 5.75 Å². The maximum atomic E-state index is 9.36. The van der Waals surface area contributed by atoms with Crippen LogP contribution < -0.4 is 0 Å². The summed E-state index contributed by atoms with van der Waals surface area (Å²) in [6.45, 7) is 0. The van der Waals surface area contributed by atoms with E-state index in [4.69, 9.17) is 11.6 Å².